The summed E-state index contributed by atoms with van der Waals surface area (Å²) in [5.74, 6) is 0.999. The normalized spacial score (nSPS) is 12.8. The summed E-state index contributed by atoms with van der Waals surface area (Å²) < 4.78 is 11.0. The smallest absolute Gasteiger partial charge is 0.255 e. The highest BCUT2D eigenvalue weighted by Crippen LogP contribution is 2.33. The van der Waals surface area contributed by atoms with Crippen LogP contribution in [0, 0.1) is 0 Å². The highest BCUT2D eigenvalue weighted by atomic mass is 32.1. The van der Waals surface area contributed by atoms with Crippen molar-refractivity contribution in [2.24, 2.45) is 5.73 Å². The molecule has 3 N–H and O–H groups in total. The lowest BCUT2D eigenvalue weighted by Crippen LogP contribution is -2.26. The minimum absolute atomic E-state index is 0.150. The fraction of sp³-hybridized carbons (Fsp3) is 0.429. The van der Waals surface area contributed by atoms with Gasteiger partial charge in [0.2, 0.25) is 0 Å². The van der Waals surface area contributed by atoms with Crippen molar-refractivity contribution in [3.8, 4) is 11.5 Å². The summed E-state index contributed by atoms with van der Waals surface area (Å²) >= 11 is 4.80. The first-order valence-electron chi connectivity index (χ1n) is 6.63. The average molecular weight is 294 g/mol. The van der Waals surface area contributed by atoms with Gasteiger partial charge in [-0.2, -0.15) is 0 Å². The Hall–Kier alpha value is -1.82. The van der Waals surface area contributed by atoms with Crippen LogP contribution < -0.4 is 20.5 Å². The number of carbonyl (C=O) groups excluding carboxylic acids is 1. The molecule has 0 saturated carbocycles. The average Bonchev–Trinajstić information content (AvgIpc) is 2.45. The van der Waals surface area contributed by atoms with Gasteiger partial charge in [0.05, 0.1) is 10.6 Å². The summed E-state index contributed by atoms with van der Waals surface area (Å²) in [7, 11) is 0. The van der Waals surface area contributed by atoms with Crippen molar-refractivity contribution in [2.45, 2.75) is 19.3 Å². The summed E-state index contributed by atoms with van der Waals surface area (Å²) in [6.07, 6.45) is 2.43. The predicted molar refractivity (Wildman–Crippen MR) is 80.4 cm³/mol. The van der Waals surface area contributed by atoms with Crippen LogP contribution in [0.5, 0.6) is 11.5 Å². The Labute approximate surface area is 123 Å². The summed E-state index contributed by atoms with van der Waals surface area (Å²) in [4.78, 5) is 12.6. The van der Waals surface area contributed by atoms with Gasteiger partial charge in [0.15, 0.2) is 11.5 Å². The van der Waals surface area contributed by atoms with Crippen LogP contribution in [0.25, 0.3) is 0 Å². The Morgan fingerprint density at radius 1 is 1.30 bits per heavy atom. The molecule has 1 aliphatic heterocycles. The van der Waals surface area contributed by atoms with Crippen LogP contribution in [0.4, 0.5) is 0 Å². The van der Waals surface area contributed by atoms with Crippen molar-refractivity contribution in [1.82, 2.24) is 5.32 Å². The Morgan fingerprint density at radius 3 is 2.90 bits per heavy atom. The van der Waals surface area contributed by atoms with Gasteiger partial charge in [-0.3, -0.25) is 4.79 Å². The van der Waals surface area contributed by atoms with E-state index in [2.05, 4.69) is 5.32 Å². The number of amides is 1. The largest absolute Gasteiger partial charge is 0.486 e. The standard InChI is InChI=1S/C14H18N2O3S/c15-12(20)6-1-2-7-16-14(17)10-4-3-5-11-13(10)19-9-8-18-11/h3-5H,1-2,6-9H2,(H2,15,20)(H,16,17). The Kier molecular flexibility index (Phi) is 5.17. The van der Waals surface area contributed by atoms with Crippen LogP contribution in [0.1, 0.15) is 29.6 Å². The zero-order valence-corrected chi connectivity index (χ0v) is 12.0. The Bertz CT molecular complexity index is 505. The van der Waals surface area contributed by atoms with Crippen LogP contribution in [-0.2, 0) is 0 Å². The number of hydrogen-bond donors (Lipinski definition) is 2. The summed E-state index contributed by atoms with van der Waals surface area (Å²) in [5.41, 5.74) is 5.93. The second-order valence-electron chi connectivity index (χ2n) is 4.51. The molecule has 5 nitrogen and oxygen atoms in total. The molecule has 1 heterocycles. The van der Waals surface area contributed by atoms with Gasteiger partial charge in [0.25, 0.3) is 5.91 Å². The third-order valence-corrected chi connectivity index (χ3v) is 3.15. The zero-order chi connectivity index (χ0) is 14.4. The molecule has 20 heavy (non-hydrogen) atoms. The molecule has 0 saturated heterocycles. The van der Waals surface area contributed by atoms with Gasteiger partial charge in [0, 0.05) is 6.54 Å². The van der Waals surface area contributed by atoms with Crippen LogP contribution in [0.15, 0.2) is 18.2 Å². The third kappa shape index (κ3) is 3.84. The van der Waals surface area contributed by atoms with Crippen LogP contribution in [0.3, 0.4) is 0 Å². The molecule has 0 aromatic heterocycles. The van der Waals surface area contributed by atoms with Crippen molar-refractivity contribution in [3.05, 3.63) is 23.8 Å². The topological polar surface area (TPSA) is 73.6 Å². The number of fused-ring (bicyclic) bond motifs is 1. The van der Waals surface area contributed by atoms with Crippen LogP contribution >= 0.6 is 12.2 Å². The molecule has 0 bridgehead atoms. The second kappa shape index (κ2) is 7.09. The maximum Gasteiger partial charge on any atom is 0.255 e. The van der Waals surface area contributed by atoms with Gasteiger partial charge in [0.1, 0.15) is 13.2 Å². The number of benzene rings is 1. The van der Waals surface area contributed by atoms with Crippen molar-refractivity contribution in [2.75, 3.05) is 19.8 Å². The number of para-hydroxylation sites is 1. The number of unbranched alkanes of at least 4 members (excludes halogenated alkanes) is 1. The van der Waals surface area contributed by atoms with E-state index in [1.54, 1.807) is 18.2 Å². The maximum absolute atomic E-state index is 12.1. The molecule has 0 radical (unpaired) electrons. The van der Waals surface area contributed by atoms with Crippen molar-refractivity contribution in [3.63, 3.8) is 0 Å². The lowest BCUT2D eigenvalue weighted by Gasteiger charge is -2.20. The highest BCUT2D eigenvalue weighted by Gasteiger charge is 2.19. The summed E-state index contributed by atoms with van der Waals surface area (Å²) in [6.45, 7) is 1.56. The molecule has 0 aliphatic carbocycles. The summed E-state index contributed by atoms with van der Waals surface area (Å²) in [5, 5.41) is 2.86. The first kappa shape index (κ1) is 14.6. The molecule has 1 aromatic rings. The van der Waals surface area contributed by atoms with Crippen LogP contribution in [0.2, 0.25) is 0 Å². The van der Waals surface area contributed by atoms with E-state index in [9.17, 15) is 4.79 Å². The van der Waals surface area contributed by atoms with E-state index in [0.717, 1.165) is 12.8 Å². The minimum atomic E-state index is -0.150. The number of rotatable bonds is 6. The number of hydrogen-bond acceptors (Lipinski definition) is 4. The molecule has 2 rings (SSSR count). The molecular formula is C14H18N2O3S. The first-order valence-corrected chi connectivity index (χ1v) is 7.04. The van der Waals surface area contributed by atoms with E-state index in [-0.39, 0.29) is 5.91 Å². The van der Waals surface area contributed by atoms with E-state index in [0.29, 0.717) is 48.2 Å². The van der Waals surface area contributed by atoms with E-state index < -0.39 is 0 Å². The molecule has 0 fully saturated rings. The number of ether oxygens (including phenoxy) is 2. The number of thiocarbonyl (C=S) groups is 1. The fourth-order valence-corrected chi connectivity index (χ4v) is 2.12. The van der Waals surface area contributed by atoms with Gasteiger partial charge in [-0.05, 0) is 31.4 Å². The number of nitrogens with two attached hydrogens (primary N) is 1. The van der Waals surface area contributed by atoms with E-state index >= 15 is 0 Å². The van der Waals surface area contributed by atoms with E-state index in [1.165, 1.54) is 0 Å². The fourth-order valence-electron chi connectivity index (χ4n) is 1.97. The quantitative estimate of drug-likeness (QED) is 0.616. The molecular weight excluding hydrogens is 276 g/mol. The van der Waals surface area contributed by atoms with Gasteiger partial charge < -0.3 is 20.5 Å². The predicted octanol–water partition coefficient (Wildman–Crippen LogP) is 1.64. The number of nitrogens with one attached hydrogen (secondary N) is 1. The van der Waals surface area contributed by atoms with E-state index in [4.69, 9.17) is 27.4 Å². The van der Waals surface area contributed by atoms with Crippen LogP contribution in [-0.4, -0.2) is 30.7 Å². The SMILES string of the molecule is NC(=S)CCCCNC(=O)c1cccc2c1OCCO2. The van der Waals surface area contributed by atoms with E-state index in [1.807, 2.05) is 0 Å². The lowest BCUT2D eigenvalue weighted by molar-refractivity contribution is 0.0942. The number of carbonyl (C=O) groups is 1. The molecule has 1 amide bonds. The molecule has 0 spiro atoms. The second-order valence-corrected chi connectivity index (χ2v) is 5.03. The van der Waals surface area contributed by atoms with Gasteiger partial charge in [-0.25, -0.2) is 0 Å². The minimum Gasteiger partial charge on any atom is -0.486 e. The first-order chi connectivity index (χ1) is 9.68. The molecule has 0 atom stereocenters. The van der Waals surface area contributed by atoms with Crippen molar-refractivity contribution >= 4 is 23.1 Å². The maximum atomic E-state index is 12.1. The molecule has 0 unspecified atom stereocenters. The summed E-state index contributed by atoms with van der Waals surface area (Å²) in [6, 6.07) is 5.32. The lowest BCUT2D eigenvalue weighted by atomic mass is 10.1. The highest BCUT2D eigenvalue weighted by molar-refractivity contribution is 7.80. The molecule has 1 aliphatic rings. The third-order valence-electron chi connectivity index (χ3n) is 2.95. The van der Waals surface area contributed by atoms with Gasteiger partial charge in [-0.15, -0.1) is 0 Å². The molecule has 1 aromatic carbocycles. The monoisotopic (exact) mass is 294 g/mol. The van der Waals surface area contributed by atoms with Crippen molar-refractivity contribution < 1.29 is 14.3 Å². The molecule has 108 valence electrons. The Morgan fingerprint density at radius 2 is 2.10 bits per heavy atom. The molecule has 6 heteroatoms. The van der Waals surface area contributed by atoms with Crippen molar-refractivity contribution in [1.29, 1.82) is 0 Å². The Balaban J connectivity index is 1.88. The van der Waals surface area contributed by atoms with Gasteiger partial charge >= 0.3 is 0 Å². The zero-order valence-electron chi connectivity index (χ0n) is 11.2. The van der Waals surface area contributed by atoms with Gasteiger partial charge in [-0.1, -0.05) is 18.3 Å².